The second-order valence-electron chi connectivity index (χ2n) is 13.2. The number of unbranched alkanes of at least 4 members (excludes halogenated alkanes) is 1. The van der Waals surface area contributed by atoms with Crippen molar-refractivity contribution >= 4 is 53.2 Å². The van der Waals surface area contributed by atoms with Gasteiger partial charge in [0.2, 0.25) is 30.1 Å². The molecule has 0 fully saturated rings. The Morgan fingerprint density at radius 2 is 0.947 bits per heavy atom. The maximum absolute atomic E-state index is 13.9. The van der Waals surface area contributed by atoms with Gasteiger partial charge in [0.05, 0.1) is 14.8 Å². The first-order chi connectivity index (χ1) is 26.6. The van der Waals surface area contributed by atoms with E-state index in [0.717, 1.165) is 45.0 Å². The summed E-state index contributed by atoms with van der Waals surface area (Å²) in [5, 5.41) is 37.4. The van der Waals surface area contributed by atoms with Crippen molar-refractivity contribution in [3.05, 3.63) is 103 Å². The van der Waals surface area contributed by atoms with E-state index in [1.54, 1.807) is 20.8 Å². The molecule has 1 amide bonds. The Kier molecular flexibility index (Phi) is 16.1. The number of benzene rings is 3. The van der Waals surface area contributed by atoms with Crippen LogP contribution in [-0.4, -0.2) is 99.6 Å². The molecule has 0 bridgehead atoms. The van der Waals surface area contributed by atoms with Gasteiger partial charge in [0.1, 0.15) is 5.60 Å². The van der Waals surface area contributed by atoms with E-state index in [9.17, 15) is 60.4 Å². The summed E-state index contributed by atoms with van der Waals surface area (Å²) < 4.78 is 90.4. The first-order valence-electron chi connectivity index (χ1n) is 17.3. The molecular formula is C33H43N7O14S3. The molecule has 0 saturated heterocycles. The highest BCUT2D eigenvalue weighted by atomic mass is 32.2. The van der Waals surface area contributed by atoms with E-state index in [0.29, 0.717) is 0 Å². The lowest BCUT2D eigenvalue weighted by Crippen LogP contribution is -2.38. The third kappa shape index (κ3) is 12.9. The molecule has 312 valence electrons. The summed E-state index contributed by atoms with van der Waals surface area (Å²) >= 11 is 0. The zero-order valence-corrected chi connectivity index (χ0v) is 33.6. The number of alkyl carbamates (subject to hydrolysis) is 1. The molecule has 3 aromatic carbocycles. The first-order valence-corrected chi connectivity index (χ1v) is 21.6. The molecule has 0 saturated carbocycles. The minimum atomic E-state index is -4.62. The van der Waals surface area contributed by atoms with E-state index in [1.807, 2.05) is 0 Å². The van der Waals surface area contributed by atoms with Crippen molar-refractivity contribution in [3.8, 4) is 0 Å². The number of carbonyl (C=O) groups excluding carboxylic acids is 1. The normalized spacial score (nSPS) is 12.4. The fraction of sp³-hybridized carbons (Fsp3) is 0.424. The number of nitrogens with zero attached hydrogens (tertiary/aromatic N) is 5. The minimum Gasteiger partial charge on any atom is -0.444 e. The van der Waals surface area contributed by atoms with Crippen LogP contribution in [0.5, 0.6) is 0 Å². The summed E-state index contributed by atoms with van der Waals surface area (Å²) in [5.41, 5.74) is -2.87. The smallest absolute Gasteiger partial charge is 0.407 e. The molecule has 2 N–H and O–H groups in total. The molecule has 57 heavy (non-hydrogen) atoms. The molecule has 3 rings (SSSR count). The molecule has 21 nitrogen and oxygen atoms in total. The van der Waals surface area contributed by atoms with Crippen LogP contribution >= 0.6 is 0 Å². The molecular weight excluding hydrogens is 815 g/mol. The minimum absolute atomic E-state index is 0.0213. The molecule has 24 heteroatoms. The van der Waals surface area contributed by atoms with E-state index in [1.165, 1.54) is 36.4 Å². The molecule has 3 aromatic rings. The van der Waals surface area contributed by atoms with E-state index in [-0.39, 0.29) is 58.4 Å². The van der Waals surface area contributed by atoms with Crippen LogP contribution in [0.25, 0.3) is 0 Å². The number of nitrogens with one attached hydrogen (secondary N) is 2. The number of sulfonamides is 3. The number of hydrogen-bond acceptors (Lipinski definition) is 14. The Hall–Kier alpha value is -5.14. The summed E-state index contributed by atoms with van der Waals surface area (Å²) in [6.07, 6.45) is -0.945. The summed E-state index contributed by atoms with van der Waals surface area (Å²) in [5.74, 6) is 0. The van der Waals surface area contributed by atoms with E-state index in [4.69, 9.17) is 4.74 Å². The van der Waals surface area contributed by atoms with Gasteiger partial charge < -0.3 is 10.1 Å². The molecule has 0 atom stereocenters. The van der Waals surface area contributed by atoms with Crippen molar-refractivity contribution in [1.82, 2.24) is 18.6 Å². The Labute approximate surface area is 329 Å². The number of hydrogen-bond donors (Lipinski definition) is 2. The Bertz CT molecular complexity index is 2270. The van der Waals surface area contributed by atoms with Crippen LogP contribution < -0.4 is 10.0 Å². The van der Waals surface area contributed by atoms with Gasteiger partial charge in [0, 0.05) is 57.5 Å². The summed E-state index contributed by atoms with van der Waals surface area (Å²) in [6, 6.07) is 13.9. The number of ether oxygens (including phenoxy) is 1. The number of carbonyl (C=O) groups is 1. The predicted octanol–water partition coefficient (Wildman–Crippen LogP) is 4.16. The molecule has 0 heterocycles. The van der Waals surface area contributed by atoms with Gasteiger partial charge in [0.25, 0.3) is 17.1 Å². The van der Waals surface area contributed by atoms with Crippen LogP contribution in [-0.2, 0) is 34.8 Å². The van der Waals surface area contributed by atoms with Crippen LogP contribution in [0.3, 0.4) is 0 Å². The average Bonchev–Trinajstić information content (AvgIpc) is 3.13. The van der Waals surface area contributed by atoms with Gasteiger partial charge in [-0.1, -0.05) is 36.4 Å². The third-order valence-corrected chi connectivity index (χ3v) is 13.3. The standard InChI is InChI=1S/C33H43N7O14S3/c1-33(2,3)54-32(41)34-20-12-24-36(56(50,51)30-18-8-5-15-27(30)39(44)45)22-10-11-23-37(57(52,53)31-19-9-6-16-28(31)40(46)47)25-13-21-35-55(48,49)29-17-7-4-14-26(29)38(42)43/h4-9,14-19,35H,10-13,20-25H2,1-3H3,(H,34,41). The Balaban J connectivity index is 1.83. The lowest BCUT2D eigenvalue weighted by Gasteiger charge is -2.25. The summed E-state index contributed by atoms with van der Waals surface area (Å²) in [4.78, 5) is 42.5. The highest BCUT2D eigenvalue weighted by Crippen LogP contribution is 2.29. The molecule has 0 aliphatic heterocycles. The van der Waals surface area contributed by atoms with Crippen LogP contribution in [0, 0.1) is 30.3 Å². The summed E-state index contributed by atoms with van der Waals surface area (Å²) in [6.45, 7) is 3.35. The third-order valence-electron chi connectivity index (χ3n) is 7.90. The molecule has 0 aromatic heterocycles. The molecule has 0 spiro atoms. The fourth-order valence-electron chi connectivity index (χ4n) is 5.35. The monoisotopic (exact) mass is 857 g/mol. The topological polar surface area (TPSA) is 289 Å². The van der Waals surface area contributed by atoms with Gasteiger partial charge >= 0.3 is 6.09 Å². The zero-order chi connectivity index (χ0) is 42.6. The van der Waals surface area contributed by atoms with Crippen LogP contribution in [0.4, 0.5) is 21.9 Å². The SMILES string of the molecule is CC(C)(C)OC(=O)NCCCN(CCCCN(CCCNS(=O)(=O)c1ccccc1[N+](=O)[O-])S(=O)(=O)c1ccccc1[N+](=O)[O-])S(=O)(=O)c1ccccc1[N+](=O)[O-]. The van der Waals surface area contributed by atoms with E-state index < -0.39 is 94.8 Å². The van der Waals surface area contributed by atoms with Crippen molar-refractivity contribution in [2.75, 3.05) is 39.3 Å². The van der Waals surface area contributed by atoms with Crippen LogP contribution in [0.2, 0.25) is 0 Å². The van der Waals surface area contributed by atoms with Crippen molar-refractivity contribution in [3.63, 3.8) is 0 Å². The number of para-hydroxylation sites is 3. The van der Waals surface area contributed by atoms with Gasteiger partial charge in [-0.25, -0.2) is 34.8 Å². The van der Waals surface area contributed by atoms with Crippen molar-refractivity contribution in [2.24, 2.45) is 0 Å². The number of rotatable bonds is 22. The number of nitro benzene ring substituents is 3. The van der Waals surface area contributed by atoms with Crippen LogP contribution in [0.15, 0.2) is 87.5 Å². The first kappa shape index (κ1) is 46.2. The fourth-order valence-corrected chi connectivity index (χ4v) is 9.94. The Morgan fingerprint density at radius 3 is 1.35 bits per heavy atom. The quantitative estimate of drug-likeness (QED) is 0.0815. The molecule has 0 aliphatic rings. The van der Waals surface area contributed by atoms with Gasteiger partial charge in [-0.15, -0.1) is 0 Å². The number of nitro groups is 3. The van der Waals surface area contributed by atoms with Crippen molar-refractivity contribution in [1.29, 1.82) is 0 Å². The summed E-state index contributed by atoms with van der Waals surface area (Å²) in [7, 11) is -13.6. The average molecular weight is 858 g/mol. The lowest BCUT2D eigenvalue weighted by atomic mass is 10.2. The highest BCUT2D eigenvalue weighted by molar-refractivity contribution is 7.90. The van der Waals surface area contributed by atoms with Gasteiger partial charge in [-0.3, -0.25) is 30.3 Å². The molecule has 0 aliphatic carbocycles. The largest absolute Gasteiger partial charge is 0.444 e. The highest BCUT2D eigenvalue weighted by Gasteiger charge is 2.33. The second kappa shape index (κ2) is 19.8. The van der Waals surface area contributed by atoms with Crippen molar-refractivity contribution in [2.45, 2.75) is 66.7 Å². The maximum atomic E-state index is 13.9. The Morgan fingerprint density at radius 1 is 0.596 bits per heavy atom. The van der Waals surface area contributed by atoms with E-state index >= 15 is 0 Å². The van der Waals surface area contributed by atoms with Gasteiger partial charge in [0.15, 0.2) is 14.7 Å². The van der Waals surface area contributed by atoms with Gasteiger partial charge in [-0.05, 0) is 64.7 Å². The zero-order valence-electron chi connectivity index (χ0n) is 31.2. The predicted molar refractivity (Wildman–Crippen MR) is 205 cm³/mol. The molecule has 0 unspecified atom stereocenters. The second-order valence-corrected chi connectivity index (χ2v) is 18.8. The van der Waals surface area contributed by atoms with E-state index in [2.05, 4.69) is 10.0 Å². The van der Waals surface area contributed by atoms with Crippen LogP contribution in [0.1, 0.15) is 46.5 Å². The molecule has 0 radical (unpaired) electrons. The van der Waals surface area contributed by atoms with Gasteiger partial charge in [-0.2, -0.15) is 8.61 Å². The van der Waals surface area contributed by atoms with Crippen molar-refractivity contribution < 1.29 is 49.6 Å². The number of amides is 1. The maximum Gasteiger partial charge on any atom is 0.407 e. The lowest BCUT2D eigenvalue weighted by molar-refractivity contribution is -0.388.